The van der Waals surface area contributed by atoms with Crippen molar-refractivity contribution in [1.29, 1.82) is 0 Å². The fourth-order valence-corrected chi connectivity index (χ4v) is 4.21. The Morgan fingerprint density at radius 2 is 1.32 bits per heavy atom. The maximum absolute atomic E-state index is 13.0. The molecule has 0 fully saturated rings. The lowest BCUT2D eigenvalue weighted by Gasteiger charge is -2.19. The molecule has 174 valence electrons. The standard InChI is InChI=1S/C23H13F3O7S/c24-23(25,26)34(31,32)33-17-11-13-6-2-4-8-15(13)19(20(17)22(29)30)18-14-7-3-1-5-12(14)9-10-16(18)21(27)28/h1-11H,(H,27,28)(H,29,30). The van der Waals surface area contributed by atoms with Gasteiger partial charge in [-0.25, -0.2) is 9.59 Å². The Labute approximate surface area is 189 Å². The van der Waals surface area contributed by atoms with E-state index in [1.54, 1.807) is 18.2 Å². The minimum absolute atomic E-state index is 0.103. The predicted octanol–water partition coefficient (Wildman–Crippen LogP) is 5.28. The third kappa shape index (κ3) is 3.79. The zero-order valence-corrected chi connectivity index (χ0v) is 17.6. The maximum Gasteiger partial charge on any atom is 0.534 e. The second-order valence-corrected chi connectivity index (χ2v) is 8.69. The van der Waals surface area contributed by atoms with Crippen molar-refractivity contribution in [2.75, 3.05) is 0 Å². The van der Waals surface area contributed by atoms with E-state index in [0.717, 1.165) is 6.07 Å². The highest BCUT2D eigenvalue weighted by Gasteiger charge is 2.49. The van der Waals surface area contributed by atoms with E-state index in [-0.39, 0.29) is 27.5 Å². The van der Waals surface area contributed by atoms with E-state index in [9.17, 15) is 41.4 Å². The van der Waals surface area contributed by atoms with E-state index in [1.165, 1.54) is 42.5 Å². The minimum atomic E-state index is -6.22. The van der Waals surface area contributed by atoms with Gasteiger partial charge in [-0.2, -0.15) is 21.6 Å². The number of fused-ring (bicyclic) bond motifs is 2. The summed E-state index contributed by atoms with van der Waals surface area (Å²) in [6.07, 6.45) is 0. The molecule has 0 aliphatic heterocycles. The van der Waals surface area contributed by atoms with Gasteiger partial charge in [-0.15, -0.1) is 0 Å². The van der Waals surface area contributed by atoms with Crippen LogP contribution >= 0.6 is 0 Å². The van der Waals surface area contributed by atoms with Crippen molar-refractivity contribution < 1.29 is 45.6 Å². The Morgan fingerprint density at radius 3 is 1.88 bits per heavy atom. The van der Waals surface area contributed by atoms with Gasteiger partial charge in [-0.3, -0.25) is 0 Å². The smallest absolute Gasteiger partial charge is 0.478 e. The van der Waals surface area contributed by atoms with Crippen molar-refractivity contribution in [3.8, 4) is 16.9 Å². The highest BCUT2D eigenvalue weighted by Crippen LogP contribution is 2.44. The molecule has 34 heavy (non-hydrogen) atoms. The van der Waals surface area contributed by atoms with Crippen LogP contribution in [0.5, 0.6) is 5.75 Å². The molecule has 4 rings (SSSR count). The van der Waals surface area contributed by atoms with Crippen molar-refractivity contribution >= 4 is 43.6 Å². The van der Waals surface area contributed by atoms with Gasteiger partial charge in [0.1, 0.15) is 5.56 Å². The molecule has 0 aliphatic rings. The summed E-state index contributed by atoms with van der Waals surface area (Å²) < 4.78 is 66.8. The van der Waals surface area contributed by atoms with Crippen LogP contribution in [0.15, 0.2) is 66.7 Å². The first-order valence-electron chi connectivity index (χ1n) is 9.47. The monoisotopic (exact) mass is 490 g/mol. The average molecular weight is 490 g/mol. The van der Waals surface area contributed by atoms with Crippen LogP contribution in [0.2, 0.25) is 0 Å². The molecule has 0 aromatic heterocycles. The molecule has 4 aromatic carbocycles. The van der Waals surface area contributed by atoms with Gasteiger partial charge in [0.15, 0.2) is 5.75 Å². The van der Waals surface area contributed by atoms with E-state index in [4.69, 9.17) is 0 Å². The predicted molar refractivity (Wildman–Crippen MR) is 116 cm³/mol. The Bertz CT molecular complexity index is 1590. The van der Waals surface area contributed by atoms with Crippen LogP contribution in [0.4, 0.5) is 13.2 Å². The van der Waals surface area contributed by atoms with Gasteiger partial charge in [0, 0.05) is 11.1 Å². The number of benzene rings is 4. The number of carboxylic acids is 2. The Balaban J connectivity index is 2.23. The molecule has 0 heterocycles. The minimum Gasteiger partial charge on any atom is -0.478 e. The van der Waals surface area contributed by atoms with E-state index in [0.29, 0.717) is 10.8 Å². The number of aromatic carboxylic acids is 2. The summed E-state index contributed by atoms with van der Waals surface area (Å²) in [6, 6.07) is 15.9. The van der Waals surface area contributed by atoms with Crippen molar-refractivity contribution in [1.82, 2.24) is 0 Å². The Kier molecular flexibility index (Phi) is 5.44. The summed E-state index contributed by atoms with van der Waals surface area (Å²) in [6.45, 7) is 0. The maximum atomic E-state index is 13.0. The van der Waals surface area contributed by atoms with Gasteiger partial charge in [-0.05, 0) is 33.7 Å². The van der Waals surface area contributed by atoms with E-state index in [2.05, 4.69) is 4.18 Å². The van der Waals surface area contributed by atoms with Crippen molar-refractivity contribution in [2.45, 2.75) is 5.51 Å². The van der Waals surface area contributed by atoms with Gasteiger partial charge in [0.2, 0.25) is 0 Å². The lowest BCUT2D eigenvalue weighted by atomic mass is 9.86. The molecule has 11 heteroatoms. The summed E-state index contributed by atoms with van der Waals surface area (Å²) in [4.78, 5) is 24.4. The fourth-order valence-electron chi connectivity index (χ4n) is 3.74. The van der Waals surface area contributed by atoms with Gasteiger partial charge < -0.3 is 14.4 Å². The van der Waals surface area contributed by atoms with Crippen molar-refractivity contribution in [3.63, 3.8) is 0 Å². The highest BCUT2D eigenvalue weighted by atomic mass is 32.2. The van der Waals surface area contributed by atoms with Crippen LogP contribution in [0.3, 0.4) is 0 Å². The molecule has 0 saturated heterocycles. The van der Waals surface area contributed by atoms with E-state index >= 15 is 0 Å². The largest absolute Gasteiger partial charge is 0.534 e. The topological polar surface area (TPSA) is 118 Å². The number of hydrogen-bond acceptors (Lipinski definition) is 5. The van der Waals surface area contributed by atoms with Crippen LogP contribution in [-0.4, -0.2) is 36.1 Å². The fraction of sp³-hybridized carbons (Fsp3) is 0.0435. The second kappa shape index (κ2) is 8.03. The van der Waals surface area contributed by atoms with Gasteiger partial charge in [-0.1, -0.05) is 54.6 Å². The number of alkyl halides is 3. The number of carboxylic acid groups (broad SMARTS) is 2. The number of halogens is 3. The number of rotatable bonds is 5. The van der Waals surface area contributed by atoms with Crippen molar-refractivity contribution in [3.05, 3.63) is 77.9 Å². The summed E-state index contributed by atoms with van der Waals surface area (Å²) in [5.41, 5.74) is -7.46. The lowest BCUT2D eigenvalue weighted by molar-refractivity contribution is -0.0500. The van der Waals surface area contributed by atoms with Crippen LogP contribution in [0.25, 0.3) is 32.7 Å². The molecule has 0 bridgehead atoms. The first kappa shape index (κ1) is 23.1. The van der Waals surface area contributed by atoms with Crippen LogP contribution in [0.1, 0.15) is 20.7 Å². The van der Waals surface area contributed by atoms with Gasteiger partial charge in [0.05, 0.1) is 5.56 Å². The molecule has 0 amide bonds. The normalized spacial score (nSPS) is 12.1. The third-order valence-corrected chi connectivity index (χ3v) is 6.09. The summed E-state index contributed by atoms with van der Waals surface area (Å²) in [5.74, 6) is -4.32. The van der Waals surface area contributed by atoms with Crippen molar-refractivity contribution in [2.24, 2.45) is 0 Å². The van der Waals surface area contributed by atoms with Crippen LogP contribution in [0, 0.1) is 0 Å². The molecule has 0 atom stereocenters. The Hall–Kier alpha value is -4.12. The van der Waals surface area contributed by atoms with Gasteiger partial charge in [0.25, 0.3) is 0 Å². The summed E-state index contributed by atoms with van der Waals surface area (Å²) in [7, 11) is -6.22. The molecular formula is C23H13F3O7S. The molecule has 0 saturated carbocycles. The quantitative estimate of drug-likeness (QED) is 0.288. The van der Waals surface area contributed by atoms with E-state index in [1.807, 2.05) is 0 Å². The lowest BCUT2D eigenvalue weighted by Crippen LogP contribution is -2.28. The zero-order valence-electron chi connectivity index (χ0n) is 16.8. The molecule has 2 N–H and O–H groups in total. The first-order valence-corrected chi connectivity index (χ1v) is 10.9. The molecule has 0 aliphatic carbocycles. The SMILES string of the molecule is O=C(O)c1ccc2ccccc2c1-c1c(C(=O)O)c(OS(=O)(=O)C(F)(F)F)cc2ccccc12. The van der Waals surface area contributed by atoms with Crippen LogP contribution < -0.4 is 4.18 Å². The third-order valence-electron chi connectivity index (χ3n) is 5.12. The second-order valence-electron chi connectivity index (χ2n) is 7.15. The highest BCUT2D eigenvalue weighted by molar-refractivity contribution is 7.88. The summed E-state index contributed by atoms with van der Waals surface area (Å²) >= 11 is 0. The molecular weight excluding hydrogens is 477 g/mol. The molecule has 4 aromatic rings. The number of carbonyl (C=O) groups is 2. The molecule has 0 radical (unpaired) electrons. The van der Waals surface area contributed by atoms with Crippen LogP contribution in [-0.2, 0) is 10.1 Å². The first-order chi connectivity index (χ1) is 15.9. The molecule has 0 unspecified atom stereocenters. The average Bonchev–Trinajstić information content (AvgIpc) is 2.76. The molecule has 7 nitrogen and oxygen atoms in total. The zero-order chi connectivity index (χ0) is 24.8. The van der Waals surface area contributed by atoms with Gasteiger partial charge >= 0.3 is 27.6 Å². The summed E-state index contributed by atoms with van der Waals surface area (Å²) in [5, 5.41) is 20.9. The Morgan fingerprint density at radius 1 is 0.765 bits per heavy atom. The van der Waals surface area contributed by atoms with E-state index < -0.39 is 38.9 Å². The molecule has 0 spiro atoms. The number of hydrogen-bond donors (Lipinski definition) is 2.